The van der Waals surface area contributed by atoms with Gasteiger partial charge in [-0.05, 0) is 0 Å². The third kappa shape index (κ3) is 9.41. The van der Waals surface area contributed by atoms with Crippen LogP contribution < -0.4 is 0 Å². The summed E-state index contributed by atoms with van der Waals surface area (Å²) in [5, 5.41) is 0. The molecule has 0 bridgehead atoms. The Balaban J connectivity index is -0.000000167. The molecule has 0 aliphatic heterocycles. The van der Waals surface area contributed by atoms with Gasteiger partial charge < -0.3 is 0 Å². The van der Waals surface area contributed by atoms with Gasteiger partial charge in [-0.2, -0.15) is 8.78 Å². The lowest BCUT2D eigenvalue weighted by Crippen LogP contribution is -2.18. The van der Waals surface area contributed by atoms with E-state index < -0.39 is 30.9 Å². The van der Waals surface area contributed by atoms with Crippen LogP contribution in [0.15, 0.2) is 11.9 Å². The molecule has 0 amide bonds. The second-order valence-corrected chi connectivity index (χ2v) is 1.83. The van der Waals surface area contributed by atoms with E-state index in [4.69, 9.17) is 0 Å². The fraction of sp³-hybridized carbons (Fsp3) is 0.750. The van der Waals surface area contributed by atoms with Crippen molar-refractivity contribution in [3.05, 3.63) is 11.9 Å². The van der Waals surface area contributed by atoms with E-state index in [1.165, 1.54) is 0 Å². The lowest BCUT2D eigenvalue weighted by Gasteiger charge is -2.08. The molecular formula is C8H16F6. The average Bonchev–Trinajstić information content (AvgIpc) is 1.87. The van der Waals surface area contributed by atoms with Crippen molar-refractivity contribution < 1.29 is 26.3 Å². The molecule has 0 aromatic carbocycles. The SMILES string of the molecule is C.C.C.FCC(F)(F)CC(F)=C(F)F. The molecule has 90 valence electrons. The van der Waals surface area contributed by atoms with Crippen molar-refractivity contribution >= 4 is 0 Å². The highest BCUT2D eigenvalue weighted by molar-refractivity contribution is 4.95. The van der Waals surface area contributed by atoms with Gasteiger partial charge in [0.25, 0.3) is 5.92 Å². The van der Waals surface area contributed by atoms with Crippen LogP contribution in [0.4, 0.5) is 26.3 Å². The zero-order chi connectivity index (χ0) is 9.07. The third-order valence-corrected chi connectivity index (χ3v) is 0.814. The van der Waals surface area contributed by atoms with Gasteiger partial charge in [-0.15, -0.1) is 0 Å². The zero-order valence-corrected chi connectivity index (χ0v) is 5.18. The molecule has 0 atom stereocenters. The van der Waals surface area contributed by atoms with Crippen LogP contribution in [0.2, 0.25) is 0 Å². The summed E-state index contributed by atoms with van der Waals surface area (Å²) in [5.74, 6) is -6.30. The molecule has 0 aliphatic carbocycles. The molecule has 0 N–H and O–H groups in total. The van der Waals surface area contributed by atoms with Crippen molar-refractivity contribution in [1.29, 1.82) is 0 Å². The summed E-state index contributed by atoms with van der Waals surface area (Å²) >= 11 is 0. The Morgan fingerprint density at radius 2 is 1.29 bits per heavy atom. The number of alkyl halides is 3. The molecule has 0 aliphatic rings. The molecule has 0 nitrogen and oxygen atoms in total. The quantitative estimate of drug-likeness (QED) is 0.596. The van der Waals surface area contributed by atoms with E-state index >= 15 is 0 Å². The van der Waals surface area contributed by atoms with E-state index in [1.54, 1.807) is 0 Å². The van der Waals surface area contributed by atoms with E-state index in [0.717, 1.165) is 0 Å². The van der Waals surface area contributed by atoms with Crippen molar-refractivity contribution in [3.8, 4) is 0 Å². The maximum atomic E-state index is 11.8. The summed E-state index contributed by atoms with van der Waals surface area (Å²) in [6, 6.07) is 0. The van der Waals surface area contributed by atoms with Crippen LogP contribution in [0.1, 0.15) is 28.7 Å². The maximum Gasteiger partial charge on any atom is 0.301 e. The first kappa shape index (κ1) is 23.3. The summed E-state index contributed by atoms with van der Waals surface area (Å²) in [5.41, 5.74) is 0. The number of rotatable bonds is 3. The molecule has 0 saturated carbocycles. The zero-order valence-electron chi connectivity index (χ0n) is 5.18. The predicted octanol–water partition coefficient (Wildman–Crippen LogP) is 4.97. The third-order valence-electron chi connectivity index (χ3n) is 0.814. The van der Waals surface area contributed by atoms with Crippen molar-refractivity contribution in [1.82, 2.24) is 0 Å². The van der Waals surface area contributed by atoms with Crippen LogP contribution in [0.25, 0.3) is 0 Å². The Morgan fingerprint density at radius 1 is 0.929 bits per heavy atom. The molecule has 0 saturated heterocycles. The highest BCUT2D eigenvalue weighted by Gasteiger charge is 2.32. The van der Waals surface area contributed by atoms with Crippen molar-refractivity contribution in [2.75, 3.05) is 6.67 Å². The Bertz CT molecular complexity index is 159. The highest BCUT2D eigenvalue weighted by Crippen LogP contribution is 2.26. The molecule has 0 heterocycles. The molecule has 0 radical (unpaired) electrons. The highest BCUT2D eigenvalue weighted by atomic mass is 19.3. The minimum atomic E-state index is -4.03. The van der Waals surface area contributed by atoms with Gasteiger partial charge in [-0.1, -0.05) is 22.3 Å². The molecule has 0 aromatic heterocycles. The van der Waals surface area contributed by atoms with Crippen LogP contribution in [0.5, 0.6) is 0 Å². The first-order valence-corrected chi connectivity index (χ1v) is 2.52. The van der Waals surface area contributed by atoms with Crippen LogP contribution in [0, 0.1) is 0 Å². The van der Waals surface area contributed by atoms with Crippen LogP contribution in [-0.2, 0) is 0 Å². The summed E-state index contributed by atoms with van der Waals surface area (Å²) in [6.45, 7) is -2.15. The standard InChI is InChI=1S/C5H4F6.3CH4/c6-2-5(10,11)1-3(7)4(8)9;;;/h1-2H2;3*1H4. The fourth-order valence-electron chi connectivity index (χ4n) is 0.341. The monoisotopic (exact) mass is 226 g/mol. The topological polar surface area (TPSA) is 0 Å². The normalized spacial score (nSPS) is 9.00. The predicted molar refractivity (Wildman–Crippen MR) is 46.1 cm³/mol. The Kier molecular flexibility index (Phi) is 14.8. The van der Waals surface area contributed by atoms with Crippen LogP contribution in [0.3, 0.4) is 0 Å². The Labute approximate surface area is 80.6 Å². The molecule has 0 rings (SSSR count). The van der Waals surface area contributed by atoms with Crippen molar-refractivity contribution in [3.63, 3.8) is 0 Å². The largest absolute Gasteiger partial charge is 0.301 e. The van der Waals surface area contributed by atoms with E-state index in [0.29, 0.717) is 0 Å². The smallest absolute Gasteiger partial charge is 0.244 e. The van der Waals surface area contributed by atoms with E-state index in [1.807, 2.05) is 0 Å². The van der Waals surface area contributed by atoms with Gasteiger partial charge in [0.15, 0.2) is 12.5 Å². The lowest BCUT2D eigenvalue weighted by molar-refractivity contribution is -0.0271. The maximum absolute atomic E-state index is 11.8. The van der Waals surface area contributed by atoms with E-state index in [9.17, 15) is 26.3 Å². The molecule has 0 fully saturated rings. The molecule has 0 unspecified atom stereocenters. The van der Waals surface area contributed by atoms with Gasteiger partial charge in [0.1, 0.15) is 0 Å². The first-order chi connectivity index (χ1) is 4.89. The van der Waals surface area contributed by atoms with Gasteiger partial charge in [-0.25, -0.2) is 17.6 Å². The van der Waals surface area contributed by atoms with Gasteiger partial charge in [0.2, 0.25) is 0 Å². The molecule has 6 heteroatoms. The number of hydrogen-bond donors (Lipinski definition) is 0. The molecule has 0 aromatic rings. The second-order valence-electron chi connectivity index (χ2n) is 1.83. The number of allylic oxidation sites excluding steroid dienone is 1. The Hall–Kier alpha value is -0.680. The van der Waals surface area contributed by atoms with E-state index in [-0.39, 0.29) is 22.3 Å². The van der Waals surface area contributed by atoms with Crippen LogP contribution in [-0.4, -0.2) is 12.6 Å². The first-order valence-electron chi connectivity index (χ1n) is 2.52. The Morgan fingerprint density at radius 3 is 1.50 bits per heavy atom. The molecule has 0 spiro atoms. The summed E-state index contributed by atoms with van der Waals surface area (Å²) in [7, 11) is 0. The van der Waals surface area contributed by atoms with Gasteiger partial charge in [0.05, 0.1) is 6.42 Å². The molecule has 14 heavy (non-hydrogen) atoms. The minimum Gasteiger partial charge on any atom is -0.244 e. The molecular weight excluding hydrogens is 210 g/mol. The van der Waals surface area contributed by atoms with Gasteiger partial charge in [-0.3, -0.25) is 0 Å². The van der Waals surface area contributed by atoms with E-state index in [2.05, 4.69) is 0 Å². The van der Waals surface area contributed by atoms with Crippen LogP contribution >= 0.6 is 0 Å². The lowest BCUT2D eigenvalue weighted by atomic mass is 10.2. The minimum absolute atomic E-state index is 0. The summed E-state index contributed by atoms with van der Waals surface area (Å²) in [4.78, 5) is 0. The number of halogens is 6. The summed E-state index contributed by atoms with van der Waals surface area (Å²) in [6.07, 6.45) is -4.72. The fourth-order valence-corrected chi connectivity index (χ4v) is 0.341. The second kappa shape index (κ2) is 8.90. The van der Waals surface area contributed by atoms with Gasteiger partial charge in [0, 0.05) is 0 Å². The average molecular weight is 226 g/mol. The number of hydrogen-bond acceptors (Lipinski definition) is 0. The van der Waals surface area contributed by atoms with Crippen molar-refractivity contribution in [2.45, 2.75) is 34.6 Å². The van der Waals surface area contributed by atoms with Crippen molar-refractivity contribution in [2.24, 2.45) is 0 Å². The van der Waals surface area contributed by atoms with Gasteiger partial charge >= 0.3 is 6.08 Å². The summed E-state index contributed by atoms with van der Waals surface area (Å²) < 4.78 is 68.8.